The number of thioether (sulfide) groups is 1. The van der Waals surface area contributed by atoms with Crippen molar-refractivity contribution in [1.29, 1.82) is 0 Å². The molecule has 17 heavy (non-hydrogen) atoms. The zero-order chi connectivity index (χ0) is 12.3. The van der Waals surface area contributed by atoms with Gasteiger partial charge in [0.15, 0.2) is 0 Å². The highest BCUT2D eigenvalue weighted by atomic mass is 32.2. The van der Waals surface area contributed by atoms with Crippen LogP contribution in [0.3, 0.4) is 0 Å². The van der Waals surface area contributed by atoms with Gasteiger partial charge in [-0.15, -0.1) is 11.8 Å². The average Bonchev–Trinajstić information content (AvgIpc) is 2.35. The van der Waals surface area contributed by atoms with Crippen LogP contribution in [-0.2, 0) is 4.79 Å². The third-order valence-electron chi connectivity index (χ3n) is 2.94. The van der Waals surface area contributed by atoms with Crippen molar-refractivity contribution in [2.75, 3.05) is 11.1 Å². The Balaban J connectivity index is 1.99. The van der Waals surface area contributed by atoms with Gasteiger partial charge in [0.25, 0.3) is 0 Å². The lowest BCUT2D eigenvalue weighted by Gasteiger charge is -2.20. The molecule has 1 saturated heterocycles. The van der Waals surface area contributed by atoms with Crippen molar-refractivity contribution >= 4 is 23.4 Å². The third-order valence-corrected chi connectivity index (χ3v) is 4.31. The molecule has 1 fully saturated rings. The van der Waals surface area contributed by atoms with Crippen LogP contribution in [0.1, 0.15) is 24.8 Å². The number of hydrogen-bond donors (Lipinski definition) is 2. The van der Waals surface area contributed by atoms with Crippen molar-refractivity contribution < 1.29 is 9.90 Å². The summed E-state index contributed by atoms with van der Waals surface area (Å²) in [6, 6.07) is 5.13. The van der Waals surface area contributed by atoms with E-state index in [0.29, 0.717) is 0 Å². The van der Waals surface area contributed by atoms with Gasteiger partial charge >= 0.3 is 0 Å². The van der Waals surface area contributed by atoms with E-state index in [2.05, 4.69) is 5.32 Å². The monoisotopic (exact) mass is 251 g/mol. The van der Waals surface area contributed by atoms with Gasteiger partial charge < -0.3 is 10.4 Å². The summed E-state index contributed by atoms with van der Waals surface area (Å²) in [4.78, 5) is 12.0. The smallest absolute Gasteiger partial charge is 0.237 e. The molecule has 0 radical (unpaired) electrons. The van der Waals surface area contributed by atoms with Crippen molar-refractivity contribution in [2.45, 2.75) is 31.4 Å². The van der Waals surface area contributed by atoms with E-state index in [-0.39, 0.29) is 16.9 Å². The standard InChI is InChI=1S/C13H17NO2S/c1-9-8-10(5-6-11(9)15)14-13(16)12-4-2-3-7-17-12/h5-6,8,12,15H,2-4,7H2,1H3,(H,14,16). The van der Waals surface area contributed by atoms with Crippen LogP contribution in [-0.4, -0.2) is 22.0 Å². The summed E-state index contributed by atoms with van der Waals surface area (Å²) in [6.07, 6.45) is 3.32. The van der Waals surface area contributed by atoms with E-state index in [1.165, 1.54) is 6.42 Å². The van der Waals surface area contributed by atoms with Crippen molar-refractivity contribution in [1.82, 2.24) is 0 Å². The Morgan fingerprint density at radius 3 is 2.94 bits per heavy atom. The van der Waals surface area contributed by atoms with Gasteiger partial charge in [0, 0.05) is 5.69 Å². The first-order valence-electron chi connectivity index (χ1n) is 5.89. The zero-order valence-corrected chi connectivity index (χ0v) is 10.7. The fraction of sp³-hybridized carbons (Fsp3) is 0.462. The van der Waals surface area contributed by atoms with Gasteiger partial charge in [-0.3, -0.25) is 4.79 Å². The van der Waals surface area contributed by atoms with Crippen molar-refractivity contribution in [3.63, 3.8) is 0 Å². The van der Waals surface area contributed by atoms with Gasteiger partial charge in [0.05, 0.1) is 5.25 Å². The molecule has 92 valence electrons. The van der Waals surface area contributed by atoms with E-state index in [1.54, 1.807) is 30.0 Å². The number of carbonyl (C=O) groups excluding carboxylic acids is 1. The highest BCUT2D eigenvalue weighted by Crippen LogP contribution is 2.27. The van der Waals surface area contributed by atoms with E-state index >= 15 is 0 Å². The van der Waals surface area contributed by atoms with E-state index < -0.39 is 0 Å². The molecular formula is C13H17NO2S. The van der Waals surface area contributed by atoms with Crippen LogP contribution in [0.2, 0.25) is 0 Å². The van der Waals surface area contributed by atoms with Gasteiger partial charge in [-0.1, -0.05) is 6.42 Å². The first-order valence-corrected chi connectivity index (χ1v) is 6.94. The lowest BCUT2D eigenvalue weighted by atomic mass is 10.1. The summed E-state index contributed by atoms with van der Waals surface area (Å²) in [5.74, 6) is 1.42. The highest BCUT2D eigenvalue weighted by molar-refractivity contribution is 8.00. The van der Waals surface area contributed by atoms with Crippen molar-refractivity contribution in [3.05, 3.63) is 23.8 Å². The number of amides is 1. The normalized spacial score (nSPS) is 19.9. The summed E-state index contributed by atoms with van der Waals surface area (Å²) in [5.41, 5.74) is 1.54. The van der Waals surface area contributed by atoms with Crippen LogP contribution < -0.4 is 5.32 Å². The summed E-state index contributed by atoms with van der Waals surface area (Å²) >= 11 is 1.74. The highest BCUT2D eigenvalue weighted by Gasteiger charge is 2.21. The minimum Gasteiger partial charge on any atom is -0.508 e. The molecule has 1 heterocycles. The molecule has 0 saturated carbocycles. The molecule has 2 rings (SSSR count). The second kappa shape index (κ2) is 5.45. The van der Waals surface area contributed by atoms with E-state index in [0.717, 1.165) is 29.8 Å². The lowest BCUT2D eigenvalue weighted by Crippen LogP contribution is -2.27. The summed E-state index contributed by atoms with van der Waals surface area (Å²) in [6.45, 7) is 1.82. The topological polar surface area (TPSA) is 49.3 Å². The first kappa shape index (κ1) is 12.3. The number of phenols is 1. The number of anilines is 1. The largest absolute Gasteiger partial charge is 0.508 e. The van der Waals surface area contributed by atoms with Gasteiger partial charge in [-0.05, 0) is 49.3 Å². The molecule has 2 N–H and O–H groups in total. The van der Waals surface area contributed by atoms with E-state index in [9.17, 15) is 9.90 Å². The number of aromatic hydroxyl groups is 1. The molecule has 3 nitrogen and oxygen atoms in total. The predicted molar refractivity (Wildman–Crippen MR) is 71.6 cm³/mol. The maximum absolute atomic E-state index is 12.0. The molecule has 0 aliphatic carbocycles. The Morgan fingerprint density at radius 1 is 1.47 bits per heavy atom. The maximum Gasteiger partial charge on any atom is 0.237 e. The number of hydrogen-bond acceptors (Lipinski definition) is 3. The van der Waals surface area contributed by atoms with Crippen LogP contribution >= 0.6 is 11.8 Å². The quantitative estimate of drug-likeness (QED) is 0.795. The number of benzene rings is 1. The summed E-state index contributed by atoms with van der Waals surface area (Å²) < 4.78 is 0. The fourth-order valence-corrected chi connectivity index (χ4v) is 3.10. The van der Waals surface area contributed by atoms with Crippen molar-refractivity contribution in [2.24, 2.45) is 0 Å². The van der Waals surface area contributed by atoms with Gasteiger partial charge in [-0.2, -0.15) is 0 Å². The molecule has 0 aromatic heterocycles. The number of carbonyl (C=O) groups is 1. The third kappa shape index (κ3) is 3.16. The minimum absolute atomic E-state index is 0.0814. The van der Waals surface area contributed by atoms with Crippen molar-refractivity contribution in [3.8, 4) is 5.75 Å². The van der Waals surface area contributed by atoms with Crippen LogP contribution in [0.5, 0.6) is 5.75 Å². The molecular weight excluding hydrogens is 234 g/mol. The Bertz CT molecular complexity index is 414. The molecule has 0 spiro atoms. The predicted octanol–water partition coefficient (Wildman–Crippen LogP) is 2.92. The lowest BCUT2D eigenvalue weighted by molar-refractivity contribution is -0.115. The molecule has 0 bridgehead atoms. The number of rotatable bonds is 2. The van der Waals surface area contributed by atoms with Crippen LogP contribution in [0.4, 0.5) is 5.69 Å². The molecule has 1 amide bonds. The van der Waals surface area contributed by atoms with Crippen LogP contribution in [0.15, 0.2) is 18.2 Å². The van der Waals surface area contributed by atoms with E-state index in [1.807, 2.05) is 6.92 Å². The molecule has 1 unspecified atom stereocenters. The Labute approximate surface area is 106 Å². The molecule has 1 aliphatic rings. The number of aryl methyl sites for hydroxylation is 1. The van der Waals surface area contributed by atoms with E-state index in [4.69, 9.17) is 0 Å². The first-order chi connectivity index (χ1) is 8.16. The molecule has 1 aliphatic heterocycles. The summed E-state index contributed by atoms with van der Waals surface area (Å²) in [7, 11) is 0. The second-order valence-electron chi connectivity index (χ2n) is 4.35. The molecule has 4 heteroatoms. The second-order valence-corrected chi connectivity index (χ2v) is 5.66. The number of phenolic OH excluding ortho intramolecular Hbond substituents is 1. The zero-order valence-electron chi connectivity index (χ0n) is 9.90. The van der Waals surface area contributed by atoms with Crippen LogP contribution in [0.25, 0.3) is 0 Å². The molecule has 1 atom stereocenters. The Kier molecular flexibility index (Phi) is 3.94. The maximum atomic E-state index is 12.0. The summed E-state index contributed by atoms with van der Waals surface area (Å²) in [5, 5.41) is 12.4. The SMILES string of the molecule is Cc1cc(NC(=O)C2CCCCS2)ccc1O. The number of nitrogens with one attached hydrogen (secondary N) is 1. The molecule has 1 aromatic carbocycles. The Morgan fingerprint density at radius 2 is 2.29 bits per heavy atom. The van der Waals surface area contributed by atoms with Gasteiger partial charge in [0.1, 0.15) is 5.75 Å². The van der Waals surface area contributed by atoms with Crippen LogP contribution in [0, 0.1) is 6.92 Å². The average molecular weight is 251 g/mol. The Hall–Kier alpha value is -1.16. The van der Waals surface area contributed by atoms with Gasteiger partial charge in [-0.25, -0.2) is 0 Å². The van der Waals surface area contributed by atoms with Gasteiger partial charge in [0.2, 0.25) is 5.91 Å². The molecule has 1 aromatic rings. The minimum atomic E-state index is 0.0814. The fourth-order valence-electron chi connectivity index (χ4n) is 1.90.